The van der Waals surface area contributed by atoms with E-state index in [1.54, 1.807) is 13.8 Å². The Labute approximate surface area is 131 Å². The van der Waals surface area contributed by atoms with Crippen molar-refractivity contribution >= 4 is 29.1 Å². The fourth-order valence-electron chi connectivity index (χ4n) is 1.82. The monoisotopic (exact) mass is 336 g/mol. The van der Waals surface area contributed by atoms with Gasteiger partial charge in [0.25, 0.3) is 0 Å². The minimum Gasteiger partial charge on any atom is -0.343 e. The number of alkyl halides is 3. The predicted molar refractivity (Wildman–Crippen MR) is 77.6 cm³/mol. The number of amides is 2. The highest BCUT2D eigenvalue weighted by Gasteiger charge is 2.31. The Bertz CT molecular complexity index is 558. The first kappa shape index (κ1) is 18.3. The zero-order valence-corrected chi connectivity index (χ0v) is 12.9. The topological polar surface area (TPSA) is 49.4 Å². The molecule has 0 heterocycles. The number of benzene rings is 1. The summed E-state index contributed by atoms with van der Waals surface area (Å²) < 4.78 is 37.9. The zero-order valence-electron chi connectivity index (χ0n) is 12.1. The fraction of sp³-hybridized carbons (Fsp3) is 0.429. The maximum absolute atomic E-state index is 12.6. The van der Waals surface area contributed by atoms with Crippen LogP contribution in [0.4, 0.5) is 18.9 Å². The largest absolute Gasteiger partial charge is 0.416 e. The summed E-state index contributed by atoms with van der Waals surface area (Å²) in [4.78, 5) is 25.0. The lowest BCUT2D eigenvalue weighted by Crippen LogP contribution is -2.33. The van der Waals surface area contributed by atoms with Gasteiger partial charge in [-0.3, -0.25) is 9.59 Å². The standard InChI is InChI=1S/C14H16ClF3N2O2/c1-3-20(4-2)13(22)8-12(21)19-11-7-9(14(16,17)18)5-6-10(11)15/h5-7H,3-4,8H2,1-2H3,(H,19,21). The van der Waals surface area contributed by atoms with Gasteiger partial charge in [0.05, 0.1) is 16.3 Å². The summed E-state index contributed by atoms with van der Waals surface area (Å²) in [6.45, 7) is 4.44. The van der Waals surface area contributed by atoms with Crippen LogP contribution < -0.4 is 5.32 Å². The van der Waals surface area contributed by atoms with Gasteiger partial charge in [0, 0.05) is 13.1 Å². The molecule has 0 atom stereocenters. The number of halogens is 4. The third-order valence-corrected chi connectivity index (χ3v) is 3.33. The van der Waals surface area contributed by atoms with Gasteiger partial charge in [0.1, 0.15) is 6.42 Å². The van der Waals surface area contributed by atoms with Crippen molar-refractivity contribution in [3.8, 4) is 0 Å². The normalized spacial score (nSPS) is 11.2. The van der Waals surface area contributed by atoms with Crippen molar-refractivity contribution < 1.29 is 22.8 Å². The molecular formula is C14H16ClF3N2O2. The molecule has 8 heteroatoms. The average Bonchev–Trinajstić information content (AvgIpc) is 2.41. The summed E-state index contributed by atoms with van der Waals surface area (Å²) >= 11 is 5.77. The second-order valence-corrected chi connectivity index (χ2v) is 4.89. The van der Waals surface area contributed by atoms with Gasteiger partial charge in [-0.25, -0.2) is 0 Å². The number of hydrogen-bond donors (Lipinski definition) is 1. The van der Waals surface area contributed by atoms with Gasteiger partial charge in [-0.05, 0) is 32.0 Å². The number of anilines is 1. The predicted octanol–water partition coefficient (Wildman–Crippen LogP) is 3.56. The van der Waals surface area contributed by atoms with Crippen LogP contribution in [0.25, 0.3) is 0 Å². The highest BCUT2D eigenvalue weighted by Crippen LogP contribution is 2.33. The minimum absolute atomic E-state index is 0.0309. The minimum atomic E-state index is -4.54. The Morgan fingerprint density at radius 2 is 1.82 bits per heavy atom. The summed E-state index contributed by atoms with van der Waals surface area (Å²) in [6, 6.07) is 2.60. The van der Waals surface area contributed by atoms with E-state index in [9.17, 15) is 22.8 Å². The first-order chi connectivity index (χ1) is 10.2. The Kier molecular flexibility index (Phi) is 6.22. The Balaban J connectivity index is 2.82. The van der Waals surface area contributed by atoms with Crippen LogP contribution in [0.2, 0.25) is 5.02 Å². The Hall–Kier alpha value is -1.76. The van der Waals surface area contributed by atoms with Crippen molar-refractivity contribution in [2.75, 3.05) is 18.4 Å². The molecule has 0 saturated heterocycles. The van der Waals surface area contributed by atoms with Crippen LogP contribution in [0, 0.1) is 0 Å². The number of carbonyl (C=O) groups is 2. The summed E-state index contributed by atoms with van der Waals surface area (Å²) in [5.41, 5.74) is -1.10. The van der Waals surface area contributed by atoms with E-state index in [1.165, 1.54) is 4.90 Å². The SMILES string of the molecule is CCN(CC)C(=O)CC(=O)Nc1cc(C(F)(F)F)ccc1Cl. The van der Waals surface area contributed by atoms with Crippen molar-refractivity contribution in [1.82, 2.24) is 4.90 Å². The number of nitrogens with one attached hydrogen (secondary N) is 1. The highest BCUT2D eigenvalue weighted by molar-refractivity contribution is 6.33. The van der Waals surface area contributed by atoms with E-state index in [0.29, 0.717) is 13.1 Å². The molecule has 1 N–H and O–H groups in total. The molecule has 22 heavy (non-hydrogen) atoms. The van der Waals surface area contributed by atoms with Crippen LogP contribution in [0.1, 0.15) is 25.8 Å². The highest BCUT2D eigenvalue weighted by atomic mass is 35.5. The van der Waals surface area contributed by atoms with Gasteiger partial charge in [-0.1, -0.05) is 11.6 Å². The molecule has 1 rings (SSSR count). The third-order valence-electron chi connectivity index (χ3n) is 3.00. The van der Waals surface area contributed by atoms with Crippen LogP contribution in [0.15, 0.2) is 18.2 Å². The van der Waals surface area contributed by atoms with Gasteiger partial charge in [0.15, 0.2) is 0 Å². The van der Waals surface area contributed by atoms with Crippen molar-refractivity contribution in [3.63, 3.8) is 0 Å². The van der Waals surface area contributed by atoms with Gasteiger partial charge >= 0.3 is 6.18 Å². The summed E-state index contributed by atoms with van der Waals surface area (Å²) in [5.74, 6) is -1.11. The third kappa shape index (κ3) is 4.91. The zero-order chi connectivity index (χ0) is 16.9. The number of rotatable bonds is 5. The van der Waals surface area contributed by atoms with Crippen molar-refractivity contribution in [2.45, 2.75) is 26.4 Å². The van der Waals surface area contributed by atoms with E-state index in [2.05, 4.69) is 5.32 Å². The lowest BCUT2D eigenvalue weighted by molar-refractivity contribution is -0.138. The first-order valence-corrected chi connectivity index (χ1v) is 7.01. The number of carbonyl (C=O) groups excluding carboxylic acids is 2. The molecule has 0 radical (unpaired) electrons. The van der Waals surface area contributed by atoms with Crippen molar-refractivity contribution in [3.05, 3.63) is 28.8 Å². The lowest BCUT2D eigenvalue weighted by atomic mass is 10.2. The Morgan fingerprint density at radius 1 is 1.23 bits per heavy atom. The molecule has 2 amide bonds. The number of hydrogen-bond acceptors (Lipinski definition) is 2. The molecule has 0 aliphatic rings. The van der Waals surface area contributed by atoms with Gasteiger partial charge in [-0.2, -0.15) is 13.2 Å². The van der Waals surface area contributed by atoms with Crippen molar-refractivity contribution in [2.24, 2.45) is 0 Å². The van der Waals surface area contributed by atoms with E-state index in [4.69, 9.17) is 11.6 Å². The molecule has 4 nitrogen and oxygen atoms in total. The molecule has 0 aromatic heterocycles. The van der Waals surface area contributed by atoms with E-state index in [-0.39, 0.29) is 10.7 Å². The first-order valence-electron chi connectivity index (χ1n) is 6.63. The van der Waals surface area contributed by atoms with E-state index in [0.717, 1.165) is 18.2 Å². The molecule has 1 aromatic carbocycles. The molecule has 0 aliphatic heterocycles. The molecule has 1 aromatic rings. The van der Waals surface area contributed by atoms with Gasteiger partial charge in [-0.15, -0.1) is 0 Å². The van der Waals surface area contributed by atoms with E-state index < -0.39 is 30.0 Å². The molecule has 0 saturated carbocycles. The fourth-order valence-corrected chi connectivity index (χ4v) is 1.98. The van der Waals surface area contributed by atoms with Crippen LogP contribution in [0.5, 0.6) is 0 Å². The second kappa shape index (κ2) is 7.49. The quantitative estimate of drug-likeness (QED) is 0.836. The summed E-state index contributed by atoms with van der Waals surface area (Å²) in [5, 5.41) is 2.21. The summed E-state index contributed by atoms with van der Waals surface area (Å²) in [6.07, 6.45) is -4.99. The number of nitrogens with zero attached hydrogens (tertiary/aromatic N) is 1. The smallest absolute Gasteiger partial charge is 0.343 e. The van der Waals surface area contributed by atoms with E-state index in [1.807, 2.05) is 0 Å². The molecule has 0 bridgehead atoms. The Morgan fingerprint density at radius 3 is 2.32 bits per heavy atom. The lowest BCUT2D eigenvalue weighted by Gasteiger charge is -2.18. The van der Waals surface area contributed by atoms with Gasteiger partial charge < -0.3 is 10.2 Å². The maximum Gasteiger partial charge on any atom is 0.416 e. The average molecular weight is 337 g/mol. The second-order valence-electron chi connectivity index (χ2n) is 4.48. The van der Waals surface area contributed by atoms with Crippen LogP contribution in [-0.2, 0) is 15.8 Å². The molecule has 0 aliphatic carbocycles. The molecule has 0 fully saturated rings. The maximum atomic E-state index is 12.6. The van der Waals surface area contributed by atoms with E-state index >= 15 is 0 Å². The van der Waals surface area contributed by atoms with Crippen LogP contribution >= 0.6 is 11.6 Å². The summed E-state index contributed by atoms with van der Waals surface area (Å²) in [7, 11) is 0. The molecule has 0 spiro atoms. The van der Waals surface area contributed by atoms with Crippen LogP contribution in [-0.4, -0.2) is 29.8 Å². The molecule has 0 unspecified atom stereocenters. The molecular weight excluding hydrogens is 321 g/mol. The van der Waals surface area contributed by atoms with Crippen molar-refractivity contribution in [1.29, 1.82) is 0 Å². The molecule has 122 valence electrons. The van der Waals surface area contributed by atoms with Gasteiger partial charge in [0.2, 0.25) is 11.8 Å². The van der Waals surface area contributed by atoms with Crippen LogP contribution in [0.3, 0.4) is 0 Å².